The summed E-state index contributed by atoms with van der Waals surface area (Å²) in [5.74, 6) is -0.500. The predicted molar refractivity (Wildman–Crippen MR) is 81.4 cm³/mol. The van der Waals surface area contributed by atoms with Crippen molar-refractivity contribution in [2.75, 3.05) is 39.5 Å². The Morgan fingerprint density at radius 1 is 1.48 bits per heavy atom. The highest BCUT2D eigenvalue weighted by Gasteiger charge is 2.31. The fourth-order valence-electron chi connectivity index (χ4n) is 2.41. The van der Waals surface area contributed by atoms with E-state index in [-0.39, 0.29) is 18.4 Å². The van der Waals surface area contributed by atoms with E-state index in [9.17, 15) is 13.2 Å². The van der Waals surface area contributed by atoms with E-state index in [1.807, 2.05) is 5.38 Å². The molecule has 1 amide bonds. The molecule has 0 spiro atoms. The molecule has 0 aliphatic carbocycles. The maximum atomic E-state index is 12.0. The molecule has 0 unspecified atom stereocenters. The van der Waals surface area contributed by atoms with Gasteiger partial charge in [-0.15, -0.1) is 11.3 Å². The number of nitrogens with one attached hydrogen (secondary N) is 1. The number of aromatic nitrogens is 1. The lowest BCUT2D eigenvalue weighted by molar-refractivity contribution is -0.125. The Labute approximate surface area is 129 Å². The molecule has 0 aromatic carbocycles. The van der Waals surface area contributed by atoms with E-state index < -0.39 is 10.0 Å². The molecule has 9 heteroatoms. The average molecular weight is 332 g/mol. The molecule has 1 aliphatic rings. The first-order valence-corrected chi connectivity index (χ1v) is 9.45. The van der Waals surface area contributed by atoms with E-state index >= 15 is 0 Å². The topological polar surface area (TPSA) is 82.6 Å². The summed E-state index contributed by atoms with van der Waals surface area (Å²) in [6.07, 6.45) is 1.18. The van der Waals surface area contributed by atoms with Crippen molar-refractivity contribution >= 4 is 27.3 Å². The van der Waals surface area contributed by atoms with Crippen molar-refractivity contribution in [1.29, 1.82) is 0 Å². The monoisotopic (exact) mass is 332 g/mol. The van der Waals surface area contributed by atoms with Crippen LogP contribution in [0.1, 0.15) is 5.69 Å². The average Bonchev–Trinajstić information content (AvgIpc) is 2.82. The number of hydrogen-bond acceptors (Lipinski definition) is 6. The minimum absolute atomic E-state index is 0.131. The molecular weight excluding hydrogens is 312 g/mol. The molecule has 1 aromatic rings. The van der Waals surface area contributed by atoms with Crippen LogP contribution in [0.25, 0.3) is 0 Å². The lowest BCUT2D eigenvalue weighted by Gasteiger charge is -2.22. The Morgan fingerprint density at radius 3 is 2.81 bits per heavy atom. The van der Waals surface area contributed by atoms with Crippen molar-refractivity contribution in [1.82, 2.24) is 19.5 Å². The number of carbonyl (C=O) groups excluding carboxylic acids is 1. The van der Waals surface area contributed by atoms with Gasteiger partial charge in [0.05, 0.1) is 23.4 Å². The van der Waals surface area contributed by atoms with E-state index in [1.54, 1.807) is 12.6 Å². The highest BCUT2D eigenvalue weighted by Crippen LogP contribution is 2.15. The lowest BCUT2D eigenvalue weighted by Crippen LogP contribution is -2.41. The summed E-state index contributed by atoms with van der Waals surface area (Å²) < 4.78 is 25.0. The number of sulfonamides is 1. The smallest absolute Gasteiger partial charge is 0.225 e. The lowest BCUT2D eigenvalue weighted by atomic mass is 10.1. The van der Waals surface area contributed by atoms with E-state index in [0.29, 0.717) is 26.2 Å². The van der Waals surface area contributed by atoms with Gasteiger partial charge in [-0.3, -0.25) is 9.69 Å². The highest BCUT2D eigenvalue weighted by atomic mass is 32.2. The minimum atomic E-state index is -3.30. The van der Waals surface area contributed by atoms with Gasteiger partial charge in [0.2, 0.25) is 15.9 Å². The van der Waals surface area contributed by atoms with Gasteiger partial charge in [-0.1, -0.05) is 0 Å². The maximum Gasteiger partial charge on any atom is 0.225 e. The molecule has 1 aromatic heterocycles. The summed E-state index contributed by atoms with van der Waals surface area (Å²) in [6, 6.07) is 0. The zero-order valence-electron chi connectivity index (χ0n) is 12.2. The Bertz CT molecular complexity index is 573. The summed E-state index contributed by atoms with van der Waals surface area (Å²) in [7, 11) is -1.72. The van der Waals surface area contributed by atoms with Crippen LogP contribution in [0.4, 0.5) is 0 Å². The molecule has 1 N–H and O–H groups in total. The van der Waals surface area contributed by atoms with Gasteiger partial charge in [-0.05, 0) is 0 Å². The number of rotatable bonds is 4. The van der Waals surface area contributed by atoms with Crippen LogP contribution in [-0.4, -0.2) is 68.0 Å². The second-order valence-corrected chi connectivity index (χ2v) is 7.85. The van der Waals surface area contributed by atoms with Gasteiger partial charge < -0.3 is 5.32 Å². The number of hydrogen-bond donors (Lipinski definition) is 1. The molecule has 0 bridgehead atoms. The van der Waals surface area contributed by atoms with Gasteiger partial charge in [0.25, 0.3) is 0 Å². The Kier molecular flexibility index (Phi) is 5.31. The molecule has 118 valence electrons. The Balaban J connectivity index is 2.13. The first kappa shape index (κ1) is 16.3. The normalized spacial score (nSPS) is 21.9. The predicted octanol–water partition coefficient (Wildman–Crippen LogP) is -0.417. The fourth-order valence-corrected chi connectivity index (χ4v) is 3.82. The van der Waals surface area contributed by atoms with Gasteiger partial charge in [0.15, 0.2) is 0 Å². The molecule has 1 aliphatic heterocycles. The molecule has 0 radical (unpaired) electrons. The molecule has 2 heterocycles. The Morgan fingerprint density at radius 2 is 2.24 bits per heavy atom. The maximum absolute atomic E-state index is 12.0. The van der Waals surface area contributed by atoms with Gasteiger partial charge in [0, 0.05) is 45.2 Å². The van der Waals surface area contributed by atoms with Crippen LogP contribution >= 0.6 is 11.3 Å². The number of nitrogens with zero attached hydrogens (tertiary/aromatic N) is 3. The zero-order chi connectivity index (χ0) is 15.5. The highest BCUT2D eigenvalue weighted by molar-refractivity contribution is 7.88. The van der Waals surface area contributed by atoms with Crippen molar-refractivity contribution in [3.05, 3.63) is 16.6 Å². The number of amides is 1. The molecule has 7 nitrogen and oxygen atoms in total. The Hall–Kier alpha value is -1.03. The van der Waals surface area contributed by atoms with Crippen LogP contribution in [0.3, 0.4) is 0 Å². The molecule has 1 atom stereocenters. The van der Waals surface area contributed by atoms with E-state index in [0.717, 1.165) is 5.69 Å². The molecule has 0 saturated carbocycles. The van der Waals surface area contributed by atoms with Gasteiger partial charge in [0.1, 0.15) is 0 Å². The number of carbonyl (C=O) groups is 1. The van der Waals surface area contributed by atoms with Crippen LogP contribution in [0.15, 0.2) is 10.9 Å². The zero-order valence-corrected chi connectivity index (χ0v) is 13.8. The van der Waals surface area contributed by atoms with Crippen molar-refractivity contribution < 1.29 is 13.2 Å². The van der Waals surface area contributed by atoms with Crippen LogP contribution in [-0.2, 0) is 21.4 Å². The van der Waals surface area contributed by atoms with Crippen LogP contribution in [0, 0.1) is 5.92 Å². The van der Waals surface area contributed by atoms with Crippen molar-refractivity contribution in [2.24, 2.45) is 5.92 Å². The summed E-state index contributed by atoms with van der Waals surface area (Å²) in [6.45, 7) is 2.39. The molecule has 21 heavy (non-hydrogen) atoms. The molecular formula is C12H20N4O3S2. The van der Waals surface area contributed by atoms with E-state index in [1.165, 1.54) is 21.9 Å². The standard InChI is InChI=1S/C12H20N4O3S2/c1-13-12(17)10-5-15(7-11-8-20-9-14-11)3-4-16(6-10)21(2,18)19/h8-10H,3-7H2,1-2H3,(H,13,17)/t10-/m1/s1. The third-order valence-electron chi connectivity index (χ3n) is 3.52. The van der Waals surface area contributed by atoms with E-state index in [2.05, 4.69) is 15.2 Å². The van der Waals surface area contributed by atoms with Crippen LogP contribution in [0.2, 0.25) is 0 Å². The van der Waals surface area contributed by atoms with Crippen molar-refractivity contribution in [3.8, 4) is 0 Å². The summed E-state index contributed by atoms with van der Waals surface area (Å²) in [4.78, 5) is 18.3. The second kappa shape index (κ2) is 6.82. The summed E-state index contributed by atoms with van der Waals surface area (Å²) in [5, 5.41) is 4.58. The fraction of sp³-hybridized carbons (Fsp3) is 0.667. The number of thiazole rings is 1. The van der Waals surface area contributed by atoms with E-state index in [4.69, 9.17) is 0 Å². The van der Waals surface area contributed by atoms with Gasteiger partial charge >= 0.3 is 0 Å². The van der Waals surface area contributed by atoms with Crippen LogP contribution < -0.4 is 5.32 Å². The summed E-state index contributed by atoms with van der Waals surface area (Å²) >= 11 is 1.53. The first-order valence-electron chi connectivity index (χ1n) is 6.66. The second-order valence-electron chi connectivity index (χ2n) is 5.15. The summed E-state index contributed by atoms with van der Waals surface area (Å²) in [5.41, 5.74) is 2.72. The SMILES string of the molecule is CNC(=O)[C@@H]1CN(Cc2cscn2)CCN(S(C)(=O)=O)C1. The third-order valence-corrected chi connectivity index (χ3v) is 5.43. The molecule has 1 fully saturated rings. The molecule has 1 saturated heterocycles. The first-order chi connectivity index (χ1) is 9.90. The van der Waals surface area contributed by atoms with Gasteiger partial charge in [-0.25, -0.2) is 17.7 Å². The van der Waals surface area contributed by atoms with Gasteiger partial charge in [-0.2, -0.15) is 0 Å². The van der Waals surface area contributed by atoms with Crippen molar-refractivity contribution in [2.45, 2.75) is 6.54 Å². The minimum Gasteiger partial charge on any atom is -0.359 e. The quantitative estimate of drug-likeness (QED) is 0.810. The molecule has 2 rings (SSSR count). The largest absolute Gasteiger partial charge is 0.359 e. The van der Waals surface area contributed by atoms with Crippen molar-refractivity contribution in [3.63, 3.8) is 0 Å². The third kappa shape index (κ3) is 4.47. The van der Waals surface area contributed by atoms with Crippen LogP contribution in [0.5, 0.6) is 0 Å².